The maximum Gasteiger partial charge on any atom is 0.203 e. The van der Waals surface area contributed by atoms with Crippen LogP contribution >= 0.6 is 0 Å². The highest BCUT2D eigenvalue weighted by Crippen LogP contribution is 2.23. The Morgan fingerprint density at radius 1 is 1.30 bits per heavy atom. The number of imidazole rings is 1. The van der Waals surface area contributed by atoms with Crippen molar-refractivity contribution >= 4 is 17.2 Å². The summed E-state index contributed by atoms with van der Waals surface area (Å²) in [4.78, 5) is 12.6. The van der Waals surface area contributed by atoms with Crippen LogP contribution in [0.3, 0.4) is 0 Å². The van der Waals surface area contributed by atoms with Crippen molar-refractivity contribution in [3.8, 4) is 11.4 Å². The third kappa shape index (κ3) is 2.62. The summed E-state index contributed by atoms with van der Waals surface area (Å²) in [6, 6.07) is 9.99. The second kappa shape index (κ2) is 5.71. The van der Waals surface area contributed by atoms with E-state index in [2.05, 4.69) is 20.5 Å². The van der Waals surface area contributed by atoms with Gasteiger partial charge in [-0.2, -0.15) is 0 Å². The highest BCUT2D eigenvalue weighted by atomic mass is 15.1. The minimum absolute atomic E-state index is 0.425. The first-order valence-corrected chi connectivity index (χ1v) is 7.63. The molecular weight excluding hydrogens is 288 g/mol. The Labute approximate surface area is 134 Å². The average Bonchev–Trinajstić information content (AvgIpc) is 3.23. The van der Waals surface area contributed by atoms with Crippen LogP contribution in [0, 0.1) is 6.57 Å². The Hall–Kier alpha value is -2.91. The van der Waals surface area contributed by atoms with Gasteiger partial charge in [-0.3, -0.25) is 0 Å². The van der Waals surface area contributed by atoms with E-state index in [1.807, 2.05) is 28.7 Å². The van der Waals surface area contributed by atoms with Crippen LogP contribution in [0.1, 0.15) is 6.42 Å². The van der Waals surface area contributed by atoms with E-state index in [4.69, 9.17) is 11.6 Å². The predicted molar refractivity (Wildman–Crippen MR) is 89.6 cm³/mol. The largest absolute Gasteiger partial charge is 0.366 e. The first kappa shape index (κ1) is 13.7. The van der Waals surface area contributed by atoms with Crippen LogP contribution in [0.2, 0.25) is 0 Å². The molecule has 114 valence electrons. The first-order valence-electron chi connectivity index (χ1n) is 7.63. The highest BCUT2D eigenvalue weighted by molar-refractivity contribution is 5.64. The standard InChI is InChI=1S/C17H16N6/c1-18-13-5-6-17-20-10-15(23(17)11-13)14-3-2-4-16(22-14)21-12-7-8-19-9-12/h2-6,10-12,19H,7-9H2,(H,21,22)/t12-/m1/s1. The maximum atomic E-state index is 7.17. The fourth-order valence-electron chi connectivity index (χ4n) is 2.87. The number of fused-ring (bicyclic) bond motifs is 1. The van der Waals surface area contributed by atoms with Crippen molar-refractivity contribution in [1.82, 2.24) is 19.7 Å². The van der Waals surface area contributed by atoms with Crippen molar-refractivity contribution in [3.05, 3.63) is 54.1 Å². The van der Waals surface area contributed by atoms with Crippen LogP contribution in [0.5, 0.6) is 0 Å². The lowest BCUT2D eigenvalue weighted by molar-refractivity contribution is 0.788. The first-order chi connectivity index (χ1) is 11.3. The molecule has 4 heterocycles. The lowest BCUT2D eigenvalue weighted by atomic mass is 10.2. The SMILES string of the molecule is [C-]#[N+]c1ccc2ncc(-c3cccc(N[C@@H]4CCNC4)n3)n2c1. The molecule has 2 N–H and O–H groups in total. The molecule has 6 nitrogen and oxygen atoms in total. The minimum Gasteiger partial charge on any atom is -0.366 e. The van der Waals surface area contributed by atoms with Crippen LogP contribution in [-0.2, 0) is 0 Å². The van der Waals surface area contributed by atoms with Crippen molar-refractivity contribution in [2.24, 2.45) is 0 Å². The lowest BCUT2D eigenvalue weighted by Gasteiger charge is -2.12. The molecule has 0 spiro atoms. The Morgan fingerprint density at radius 3 is 3.09 bits per heavy atom. The maximum absolute atomic E-state index is 7.17. The van der Waals surface area contributed by atoms with Crippen LogP contribution in [0.25, 0.3) is 21.9 Å². The third-order valence-corrected chi connectivity index (χ3v) is 4.04. The number of nitrogens with zero attached hydrogens (tertiary/aromatic N) is 4. The van der Waals surface area contributed by atoms with E-state index in [-0.39, 0.29) is 0 Å². The quantitative estimate of drug-likeness (QED) is 0.731. The zero-order valence-electron chi connectivity index (χ0n) is 12.5. The van der Waals surface area contributed by atoms with E-state index in [0.717, 1.165) is 42.4 Å². The van der Waals surface area contributed by atoms with E-state index in [9.17, 15) is 0 Å². The molecular formula is C17H16N6. The van der Waals surface area contributed by atoms with Gasteiger partial charge in [0.15, 0.2) is 0 Å². The predicted octanol–water partition coefficient (Wildman–Crippen LogP) is 2.72. The molecule has 1 aliphatic heterocycles. The molecule has 0 aromatic carbocycles. The van der Waals surface area contributed by atoms with Gasteiger partial charge in [-0.15, -0.1) is 0 Å². The summed E-state index contributed by atoms with van der Waals surface area (Å²) < 4.78 is 1.91. The zero-order valence-corrected chi connectivity index (χ0v) is 12.5. The summed E-state index contributed by atoms with van der Waals surface area (Å²) in [5.41, 5.74) is 3.13. The molecule has 1 fully saturated rings. The number of aromatic nitrogens is 3. The van der Waals surface area contributed by atoms with Gasteiger partial charge in [0.25, 0.3) is 0 Å². The smallest absolute Gasteiger partial charge is 0.203 e. The van der Waals surface area contributed by atoms with Crippen LogP contribution < -0.4 is 10.6 Å². The molecule has 4 rings (SSSR count). The van der Waals surface area contributed by atoms with E-state index < -0.39 is 0 Å². The molecule has 3 aromatic rings. The summed E-state index contributed by atoms with van der Waals surface area (Å²) in [5, 5.41) is 6.80. The number of anilines is 1. The molecule has 1 saturated heterocycles. The van der Waals surface area contributed by atoms with Gasteiger partial charge >= 0.3 is 0 Å². The van der Waals surface area contributed by atoms with E-state index in [1.165, 1.54) is 0 Å². The Balaban J connectivity index is 1.71. The lowest BCUT2D eigenvalue weighted by Crippen LogP contribution is -2.22. The number of rotatable bonds is 3. The molecule has 0 saturated carbocycles. The van der Waals surface area contributed by atoms with Gasteiger partial charge in [0.2, 0.25) is 5.69 Å². The van der Waals surface area contributed by atoms with Gasteiger partial charge < -0.3 is 15.0 Å². The molecule has 0 unspecified atom stereocenters. The Bertz CT molecular complexity index is 885. The summed E-state index contributed by atoms with van der Waals surface area (Å²) in [6.07, 6.45) is 4.70. The Morgan fingerprint density at radius 2 is 2.26 bits per heavy atom. The average molecular weight is 304 g/mol. The van der Waals surface area contributed by atoms with E-state index in [1.54, 1.807) is 18.5 Å². The van der Waals surface area contributed by atoms with Gasteiger partial charge in [0, 0.05) is 18.8 Å². The monoisotopic (exact) mass is 304 g/mol. The van der Waals surface area contributed by atoms with Gasteiger partial charge in [-0.1, -0.05) is 12.1 Å². The second-order valence-electron chi connectivity index (χ2n) is 5.61. The second-order valence-corrected chi connectivity index (χ2v) is 5.61. The highest BCUT2D eigenvalue weighted by Gasteiger charge is 2.15. The van der Waals surface area contributed by atoms with Crippen molar-refractivity contribution in [2.45, 2.75) is 12.5 Å². The molecule has 0 radical (unpaired) electrons. The summed E-state index contributed by atoms with van der Waals surface area (Å²) in [6.45, 7) is 9.18. The summed E-state index contributed by atoms with van der Waals surface area (Å²) >= 11 is 0. The number of hydrogen-bond acceptors (Lipinski definition) is 4. The van der Waals surface area contributed by atoms with Crippen LogP contribution in [0.15, 0.2) is 42.7 Å². The number of nitrogens with one attached hydrogen (secondary N) is 2. The minimum atomic E-state index is 0.425. The van der Waals surface area contributed by atoms with Gasteiger partial charge in [-0.25, -0.2) is 14.8 Å². The van der Waals surface area contributed by atoms with E-state index >= 15 is 0 Å². The fraction of sp³-hybridized carbons (Fsp3) is 0.235. The molecule has 1 aliphatic rings. The normalized spacial score (nSPS) is 17.3. The zero-order chi connectivity index (χ0) is 15.6. The third-order valence-electron chi connectivity index (χ3n) is 4.04. The van der Waals surface area contributed by atoms with Crippen molar-refractivity contribution in [3.63, 3.8) is 0 Å². The van der Waals surface area contributed by atoms with Gasteiger partial charge in [0.05, 0.1) is 24.2 Å². The van der Waals surface area contributed by atoms with Gasteiger partial charge in [-0.05, 0) is 31.2 Å². The molecule has 0 aliphatic carbocycles. The van der Waals surface area contributed by atoms with Gasteiger partial charge in [0.1, 0.15) is 11.5 Å². The van der Waals surface area contributed by atoms with Crippen molar-refractivity contribution in [2.75, 3.05) is 18.4 Å². The molecule has 1 atom stereocenters. The molecule has 0 bridgehead atoms. The Kier molecular flexibility index (Phi) is 3.41. The summed E-state index contributed by atoms with van der Waals surface area (Å²) in [5.74, 6) is 0.868. The molecule has 0 amide bonds. The molecule has 23 heavy (non-hydrogen) atoms. The summed E-state index contributed by atoms with van der Waals surface area (Å²) in [7, 11) is 0. The van der Waals surface area contributed by atoms with Crippen LogP contribution in [-0.4, -0.2) is 33.5 Å². The van der Waals surface area contributed by atoms with Crippen molar-refractivity contribution < 1.29 is 0 Å². The van der Waals surface area contributed by atoms with Crippen LogP contribution in [0.4, 0.5) is 11.5 Å². The number of pyridine rings is 2. The van der Waals surface area contributed by atoms with Crippen molar-refractivity contribution in [1.29, 1.82) is 0 Å². The number of hydrogen-bond donors (Lipinski definition) is 2. The van der Waals surface area contributed by atoms with E-state index in [0.29, 0.717) is 11.7 Å². The fourth-order valence-corrected chi connectivity index (χ4v) is 2.87. The molecule has 3 aromatic heterocycles. The molecule has 6 heteroatoms. The topological polar surface area (TPSA) is 58.6 Å².